The molecule has 6 nitrogen and oxygen atoms in total. The Kier molecular flexibility index (Phi) is 4.46. The molecule has 9 heteroatoms. The normalized spacial score (nSPS) is 30.8. The summed E-state index contributed by atoms with van der Waals surface area (Å²) in [5.74, 6) is -10.1. The largest absolute Gasteiger partial charge is 0.478 e. The number of ketones is 1. The van der Waals surface area contributed by atoms with Crippen LogP contribution in [-0.4, -0.2) is 65.3 Å². The fourth-order valence-electron chi connectivity index (χ4n) is 3.43. The number of ether oxygens (including phenoxy) is 1. The van der Waals surface area contributed by atoms with Gasteiger partial charge in [-0.15, -0.1) is 0 Å². The number of hydrogen-bond acceptors (Lipinski definition) is 5. The average Bonchev–Trinajstić information content (AvgIpc) is 2.59. The molecule has 0 aromatic rings. The number of morpholine rings is 1. The number of halogens is 3. The van der Waals surface area contributed by atoms with Crippen LogP contribution in [0.3, 0.4) is 0 Å². The first kappa shape index (κ1) is 17.7. The Morgan fingerprint density at radius 1 is 1.40 bits per heavy atom. The highest BCUT2D eigenvalue weighted by atomic mass is 19.2. The molecule has 25 heavy (non-hydrogen) atoms. The van der Waals surface area contributed by atoms with Gasteiger partial charge in [0.1, 0.15) is 17.3 Å². The van der Waals surface area contributed by atoms with Gasteiger partial charge in [-0.25, -0.2) is 18.0 Å². The van der Waals surface area contributed by atoms with Crippen molar-refractivity contribution in [1.82, 2.24) is 9.80 Å². The second-order valence-electron chi connectivity index (χ2n) is 5.93. The number of rotatable bonds is 3. The van der Waals surface area contributed by atoms with Gasteiger partial charge in [0, 0.05) is 31.9 Å². The summed E-state index contributed by atoms with van der Waals surface area (Å²) in [6.45, 7) is 1.93. The number of nitrogens with zero attached hydrogens (tertiary/aromatic N) is 2. The summed E-state index contributed by atoms with van der Waals surface area (Å²) in [5, 5.41) is 9.23. The van der Waals surface area contributed by atoms with Crippen molar-refractivity contribution >= 4 is 11.8 Å². The van der Waals surface area contributed by atoms with Gasteiger partial charge in [-0.05, 0) is 6.92 Å². The van der Waals surface area contributed by atoms with Crippen LogP contribution < -0.4 is 0 Å². The van der Waals surface area contributed by atoms with E-state index >= 15 is 4.39 Å². The highest BCUT2D eigenvalue weighted by Gasteiger charge is 2.59. The Hall–Kier alpha value is -2.13. The van der Waals surface area contributed by atoms with Crippen molar-refractivity contribution in [2.24, 2.45) is 5.92 Å². The van der Waals surface area contributed by atoms with Crippen LogP contribution in [0, 0.1) is 5.92 Å². The third kappa shape index (κ3) is 2.58. The van der Waals surface area contributed by atoms with Crippen molar-refractivity contribution in [3.05, 3.63) is 35.2 Å². The number of aliphatic carboxylic acids is 1. The molecule has 0 aromatic carbocycles. The zero-order chi connectivity index (χ0) is 18.4. The standard InChI is InChI=1S/C16H17F3N2O4/c1-2-20-8-9(15(23)24)14(22)12-13(20)10(17)7-11(18)16(12,19)21-3-5-25-6-4-21/h7-8,12H,2-6H2,1H3,(H,23,24). The topological polar surface area (TPSA) is 70.1 Å². The van der Waals surface area contributed by atoms with Crippen molar-refractivity contribution in [2.45, 2.75) is 12.7 Å². The van der Waals surface area contributed by atoms with Crippen molar-refractivity contribution in [3.8, 4) is 0 Å². The van der Waals surface area contributed by atoms with Crippen LogP contribution in [0.25, 0.3) is 0 Å². The SMILES string of the molecule is CCN1C=C(C(=O)O)C(=O)C2C1=C(F)C=C(F)C2(F)N1CCOCC1. The average molecular weight is 358 g/mol. The fraction of sp³-hybridized carbons (Fsp3) is 0.500. The van der Waals surface area contributed by atoms with E-state index < -0.39 is 40.7 Å². The van der Waals surface area contributed by atoms with Crippen LogP contribution in [0.2, 0.25) is 0 Å². The molecule has 1 aliphatic carbocycles. The zero-order valence-electron chi connectivity index (χ0n) is 13.5. The van der Waals surface area contributed by atoms with E-state index in [1.54, 1.807) is 6.92 Å². The third-order valence-electron chi connectivity index (χ3n) is 4.65. The second kappa shape index (κ2) is 6.30. The highest BCUT2D eigenvalue weighted by molar-refractivity contribution is 6.19. The first-order chi connectivity index (χ1) is 11.8. The molecule has 1 N–H and O–H groups in total. The molecule has 2 atom stereocenters. The number of fused-ring (bicyclic) bond motifs is 1. The van der Waals surface area contributed by atoms with Crippen molar-refractivity contribution in [2.75, 3.05) is 32.8 Å². The summed E-state index contributed by atoms with van der Waals surface area (Å²) in [5.41, 5.74) is -1.05. The number of carbonyl (C=O) groups is 2. The van der Waals surface area contributed by atoms with Crippen molar-refractivity contribution < 1.29 is 32.6 Å². The van der Waals surface area contributed by atoms with E-state index in [9.17, 15) is 23.5 Å². The molecule has 0 amide bonds. The number of carboxylic acids is 1. The predicted octanol–water partition coefficient (Wildman–Crippen LogP) is 1.52. The summed E-state index contributed by atoms with van der Waals surface area (Å²) in [4.78, 5) is 26.2. The minimum atomic E-state index is -2.95. The molecule has 2 unspecified atom stereocenters. The maximum Gasteiger partial charge on any atom is 0.340 e. The number of carbonyl (C=O) groups excluding carboxylic acids is 1. The lowest BCUT2D eigenvalue weighted by Gasteiger charge is -2.47. The Morgan fingerprint density at radius 2 is 2.04 bits per heavy atom. The molecule has 2 aliphatic heterocycles. The molecule has 0 radical (unpaired) electrons. The van der Waals surface area contributed by atoms with E-state index in [0.717, 1.165) is 16.0 Å². The lowest BCUT2D eigenvalue weighted by atomic mass is 9.78. The molecule has 0 bridgehead atoms. The summed E-state index contributed by atoms with van der Waals surface area (Å²) in [6, 6.07) is 0. The highest BCUT2D eigenvalue weighted by Crippen LogP contribution is 2.48. The molecule has 1 saturated heterocycles. The smallest absolute Gasteiger partial charge is 0.340 e. The monoisotopic (exact) mass is 358 g/mol. The van der Waals surface area contributed by atoms with Gasteiger partial charge in [0.05, 0.1) is 18.9 Å². The van der Waals surface area contributed by atoms with Gasteiger partial charge in [0.15, 0.2) is 11.6 Å². The maximum atomic E-state index is 15.9. The minimum absolute atomic E-state index is 0.00527. The molecule has 136 valence electrons. The lowest BCUT2D eigenvalue weighted by Crippen LogP contribution is -2.61. The number of alkyl halides is 1. The Morgan fingerprint density at radius 3 is 2.60 bits per heavy atom. The molecule has 3 aliphatic rings. The molecule has 3 rings (SSSR count). The predicted molar refractivity (Wildman–Crippen MR) is 80.2 cm³/mol. The van der Waals surface area contributed by atoms with Gasteiger partial charge >= 0.3 is 5.97 Å². The van der Waals surface area contributed by atoms with Crippen molar-refractivity contribution in [3.63, 3.8) is 0 Å². The van der Waals surface area contributed by atoms with E-state index in [0.29, 0.717) is 6.08 Å². The van der Waals surface area contributed by atoms with Crippen LogP contribution in [0.1, 0.15) is 6.92 Å². The fourth-order valence-corrected chi connectivity index (χ4v) is 3.43. The molecule has 0 aromatic heterocycles. The maximum absolute atomic E-state index is 15.9. The van der Waals surface area contributed by atoms with Crippen molar-refractivity contribution in [1.29, 1.82) is 0 Å². The van der Waals surface area contributed by atoms with Gasteiger partial charge in [-0.3, -0.25) is 9.69 Å². The summed E-state index contributed by atoms with van der Waals surface area (Å²) < 4.78 is 50.0. The summed E-state index contributed by atoms with van der Waals surface area (Å²) in [6.07, 6.45) is 1.39. The van der Waals surface area contributed by atoms with Crippen LogP contribution in [0.15, 0.2) is 35.2 Å². The molecule has 0 saturated carbocycles. The molecule has 1 fully saturated rings. The van der Waals surface area contributed by atoms with E-state index in [-0.39, 0.29) is 38.5 Å². The number of allylic oxidation sites excluding steroid dienone is 2. The van der Waals surface area contributed by atoms with Gasteiger partial charge in [-0.1, -0.05) is 0 Å². The van der Waals surface area contributed by atoms with Crippen LogP contribution >= 0.6 is 0 Å². The Labute approximate surface area is 141 Å². The summed E-state index contributed by atoms with van der Waals surface area (Å²) >= 11 is 0. The van der Waals surface area contributed by atoms with Gasteiger partial charge < -0.3 is 14.7 Å². The molecule has 2 heterocycles. The number of Topliss-reactive ketones (excluding diaryl/α,β-unsaturated/α-hetero) is 1. The van der Waals surface area contributed by atoms with E-state index in [4.69, 9.17) is 4.74 Å². The van der Waals surface area contributed by atoms with Crippen LogP contribution in [-0.2, 0) is 14.3 Å². The number of hydrogen-bond donors (Lipinski definition) is 1. The minimum Gasteiger partial charge on any atom is -0.478 e. The van der Waals surface area contributed by atoms with E-state index in [2.05, 4.69) is 0 Å². The first-order valence-electron chi connectivity index (χ1n) is 7.87. The quantitative estimate of drug-likeness (QED) is 0.609. The van der Waals surface area contributed by atoms with Crippen LogP contribution in [0.5, 0.6) is 0 Å². The Balaban J connectivity index is 2.17. The summed E-state index contributed by atoms with van der Waals surface area (Å²) in [7, 11) is 0. The Bertz CT molecular complexity index is 712. The molecular weight excluding hydrogens is 341 g/mol. The van der Waals surface area contributed by atoms with Gasteiger partial charge in [0.25, 0.3) is 0 Å². The molecular formula is C16H17F3N2O4. The number of carboxylic acid groups (broad SMARTS) is 1. The zero-order valence-corrected chi connectivity index (χ0v) is 13.5. The first-order valence-corrected chi connectivity index (χ1v) is 7.87. The lowest BCUT2D eigenvalue weighted by molar-refractivity contribution is -0.145. The van der Waals surface area contributed by atoms with E-state index in [1.807, 2.05) is 0 Å². The third-order valence-corrected chi connectivity index (χ3v) is 4.65. The van der Waals surface area contributed by atoms with E-state index in [1.165, 1.54) is 0 Å². The molecule has 0 spiro atoms. The second-order valence-corrected chi connectivity index (χ2v) is 5.93. The van der Waals surface area contributed by atoms with Crippen LogP contribution in [0.4, 0.5) is 13.2 Å². The van der Waals surface area contributed by atoms with Gasteiger partial charge in [-0.2, -0.15) is 0 Å². The van der Waals surface area contributed by atoms with Gasteiger partial charge in [0.2, 0.25) is 5.79 Å².